The number of thiophene rings is 1. The standard InChI is InChI=1S/C15H17Br2NOS/c1-2-4-18-8-12-6-13(16)15(14(17)7-12)19-9-11-3-5-20-10-11/h3,5-7,10,18H,2,4,8-9H2,1H3. The topological polar surface area (TPSA) is 21.3 Å². The van der Waals surface area contributed by atoms with E-state index in [0.717, 1.165) is 34.2 Å². The van der Waals surface area contributed by atoms with E-state index in [9.17, 15) is 0 Å². The molecule has 0 fully saturated rings. The predicted octanol–water partition coefficient (Wildman–Crippen LogP) is 5.35. The van der Waals surface area contributed by atoms with Gasteiger partial charge < -0.3 is 10.1 Å². The van der Waals surface area contributed by atoms with Gasteiger partial charge >= 0.3 is 0 Å². The number of hydrogen-bond donors (Lipinski definition) is 1. The van der Waals surface area contributed by atoms with Crippen LogP contribution in [0.15, 0.2) is 37.9 Å². The quantitative estimate of drug-likeness (QED) is 0.611. The molecular formula is C15H17Br2NOS. The molecule has 2 aromatic rings. The van der Waals surface area contributed by atoms with Gasteiger partial charge in [-0.05, 0) is 84.9 Å². The van der Waals surface area contributed by atoms with Crippen molar-refractivity contribution in [2.45, 2.75) is 26.5 Å². The molecule has 0 bridgehead atoms. The third kappa shape index (κ3) is 4.58. The molecular weight excluding hydrogens is 402 g/mol. The van der Waals surface area contributed by atoms with Crippen molar-refractivity contribution in [2.75, 3.05) is 6.54 Å². The van der Waals surface area contributed by atoms with Crippen molar-refractivity contribution in [3.63, 3.8) is 0 Å². The largest absolute Gasteiger partial charge is 0.487 e. The van der Waals surface area contributed by atoms with Crippen molar-refractivity contribution in [3.05, 3.63) is 49.0 Å². The third-order valence-corrected chi connectivity index (χ3v) is 4.69. The van der Waals surface area contributed by atoms with Gasteiger partial charge in [-0.15, -0.1) is 0 Å². The van der Waals surface area contributed by atoms with Crippen LogP contribution in [0.3, 0.4) is 0 Å². The average Bonchev–Trinajstić information content (AvgIpc) is 2.91. The second kappa shape index (κ2) is 8.17. The molecule has 0 aliphatic rings. The minimum absolute atomic E-state index is 0.591. The van der Waals surface area contributed by atoms with E-state index in [1.54, 1.807) is 11.3 Å². The molecule has 1 aromatic carbocycles. The highest BCUT2D eigenvalue weighted by molar-refractivity contribution is 9.11. The second-order valence-electron chi connectivity index (χ2n) is 4.49. The number of rotatable bonds is 7. The summed E-state index contributed by atoms with van der Waals surface area (Å²) in [6.07, 6.45) is 1.14. The molecule has 2 nitrogen and oxygen atoms in total. The van der Waals surface area contributed by atoms with Crippen LogP contribution in [0.4, 0.5) is 0 Å². The fourth-order valence-electron chi connectivity index (χ4n) is 1.79. The van der Waals surface area contributed by atoms with E-state index in [2.05, 4.69) is 73.1 Å². The summed E-state index contributed by atoms with van der Waals surface area (Å²) in [4.78, 5) is 0. The van der Waals surface area contributed by atoms with Gasteiger partial charge in [0.15, 0.2) is 0 Å². The number of benzene rings is 1. The number of hydrogen-bond acceptors (Lipinski definition) is 3. The highest BCUT2D eigenvalue weighted by atomic mass is 79.9. The Morgan fingerprint density at radius 1 is 1.20 bits per heavy atom. The van der Waals surface area contributed by atoms with Gasteiger partial charge in [0.1, 0.15) is 12.4 Å². The lowest BCUT2D eigenvalue weighted by Gasteiger charge is -2.12. The van der Waals surface area contributed by atoms with Crippen LogP contribution in [-0.4, -0.2) is 6.54 Å². The molecule has 1 heterocycles. The molecule has 0 unspecified atom stereocenters. The van der Waals surface area contributed by atoms with Crippen LogP contribution in [0.25, 0.3) is 0 Å². The summed E-state index contributed by atoms with van der Waals surface area (Å²) in [6.45, 7) is 4.66. The SMILES string of the molecule is CCCNCc1cc(Br)c(OCc2ccsc2)c(Br)c1. The molecule has 5 heteroatoms. The van der Waals surface area contributed by atoms with Gasteiger partial charge in [0.05, 0.1) is 8.95 Å². The maximum Gasteiger partial charge on any atom is 0.148 e. The third-order valence-electron chi connectivity index (χ3n) is 2.78. The van der Waals surface area contributed by atoms with Gasteiger partial charge in [0.2, 0.25) is 0 Å². The Labute approximate surface area is 140 Å². The zero-order chi connectivity index (χ0) is 14.4. The summed E-state index contributed by atoms with van der Waals surface area (Å²) in [7, 11) is 0. The molecule has 20 heavy (non-hydrogen) atoms. The van der Waals surface area contributed by atoms with E-state index >= 15 is 0 Å². The minimum Gasteiger partial charge on any atom is -0.487 e. The Morgan fingerprint density at radius 3 is 2.55 bits per heavy atom. The molecule has 0 spiro atoms. The highest BCUT2D eigenvalue weighted by Crippen LogP contribution is 2.35. The molecule has 0 amide bonds. The number of ether oxygens (including phenoxy) is 1. The molecule has 1 N–H and O–H groups in total. The lowest BCUT2D eigenvalue weighted by Crippen LogP contribution is -2.13. The summed E-state index contributed by atoms with van der Waals surface area (Å²) in [5, 5.41) is 7.56. The summed E-state index contributed by atoms with van der Waals surface area (Å²) in [6, 6.07) is 6.29. The summed E-state index contributed by atoms with van der Waals surface area (Å²) < 4.78 is 7.85. The summed E-state index contributed by atoms with van der Waals surface area (Å²) in [5.74, 6) is 0.857. The van der Waals surface area contributed by atoms with Crippen molar-refractivity contribution in [1.29, 1.82) is 0 Å². The van der Waals surface area contributed by atoms with E-state index in [0.29, 0.717) is 6.61 Å². The van der Waals surface area contributed by atoms with Crippen LogP contribution in [0, 0.1) is 0 Å². The van der Waals surface area contributed by atoms with E-state index in [-0.39, 0.29) is 0 Å². The monoisotopic (exact) mass is 417 g/mol. The molecule has 108 valence electrons. The van der Waals surface area contributed by atoms with Gasteiger partial charge in [0.25, 0.3) is 0 Å². The smallest absolute Gasteiger partial charge is 0.148 e. The Bertz CT molecular complexity index is 520. The van der Waals surface area contributed by atoms with Crippen LogP contribution < -0.4 is 10.1 Å². The molecule has 0 aliphatic heterocycles. The normalized spacial score (nSPS) is 10.8. The molecule has 0 aliphatic carbocycles. The van der Waals surface area contributed by atoms with Crippen molar-refractivity contribution in [3.8, 4) is 5.75 Å². The Balaban J connectivity index is 2.02. The maximum absolute atomic E-state index is 5.89. The fraction of sp³-hybridized carbons (Fsp3) is 0.333. The zero-order valence-electron chi connectivity index (χ0n) is 11.3. The Hall–Kier alpha value is -0.360. The first-order chi connectivity index (χ1) is 9.70. The van der Waals surface area contributed by atoms with Crippen LogP contribution in [-0.2, 0) is 13.2 Å². The van der Waals surface area contributed by atoms with Gasteiger partial charge in [0, 0.05) is 6.54 Å². The summed E-state index contributed by atoms with van der Waals surface area (Å²) >= 11 is 8.87. The van der Waals surface area contributed by atoms with Crippen LogP contribution in [0.5, 0.6) is 5.75 Å². The van der Waals surface area contributed by atoms with Gasteiger partial charge in [-0.2, -0.15) is 11.3 Å². The number of nitrogens with one attached hydrogen (secondary N) is 1. The Kier molecular flexibility index (Phi) is 6.55. The lowest BCUT2D eigenvalue weighted by atomic mass is 10.2. The fourth-order valence-corrected chi connectivity index (χ4v) is 3.96. The molecule has 2 rings (SSSR count). The van der Waals surface area contributed by atoms with Gasteiger partial charge in [-0.3, -0.25) is 0 Å². The van der Waals surface area contributed by atoms with Crippen molar-refractivity contribution in [2.24, 2.45) is 0 Å². The lowest BCUT2D eigenvalue weighted by molar-refractivity contribution is 0.302. The number of halogens is 2. The van der Waals surface area contributed by atoms with Crippen LogP contribution in [0.2, 0.25) is 0 Å². The van der Waals surface area contributed by atoms with E-state index in [1.807, 2.05) is 0 Å². The first-order valence-electron chi connectivity index (χ1n) is 6.53. The van der Waals surface area contributed by atoms with E-state index < -0.39 is 0 Å². The molecule has 0 radical (unpaired) electrons. The minimum atomic E-state index is 0.591. The first-order valence-corrected chi connectivity index (χ1v) is 9.06. The Morgan fingerprint density at radius 2 is 1.95 bits per heavy atom. The van der Waals surface area contributed by atoms with Gasteiger partial charge in [-0.25, -0.2) is 0 Å². The molecule has 0 atom stereocenters. The average molecular weight is 419 g/mol. The van der Waals surface area contributed by atoms with Gasteiger partial charge in [-0.1, -0.05) is 6.92 Å². The molecule has 1 aromatic heterocycles. The van der Waals surface area contributed by atoms with Crippen molar-refractivity contribution < 1.29 is 4.74 Å². The summed E-state index contributed by atoms with van der Waals surface area (Å²) in [5.41, 5.74) is 2.43. The first kappa shape index (κ1) is 16.0. The zero-order valence-corrected chi connectivity index (χ0v) is 15.3. The molecule has 0 saturated carbocycles. The van der Waals surface area contributed by atoms with Crippen molar-refractivity contribution >= 4 is 43.2 Å². The second-order valence-corrected chi connectivity index (χ2v) is 6.97. The van der Waals surface area contributed by atoms with Crippen LogP contribution in [0.1, 0.15) is 24.5 Å². The highest BCUT2D eigenvalue weighted by Gasteiger charge is 2.09. The van der Waals surface area contributed by atoms with E-state index in [1.165, 1.54) is 11.1 Å². The van der Waals surface area contributed by atoms with Crippen LogP contribution >= 0.6 is 43.2 Å². The predicted molar refractivity (Wildman–Crippen MR) is 92.5 cm³/mol. The maximum atomic E-state index is 5.89. The van der Waals surface area contributed by atoms with Crippen molar-refractivity contribution in [1.82, 2.24) is 5.32 Å². The molecule has 0 saturated heterocycles. The van der Waals surface area contributed by atoms with E-state index in [4.69, 9.17) is 4.74 Å².